The van der Waals surface area contributed by atoms with Crippen LogP contribution in [0.4, 0.5) is 0 Å². The standard InChI is InChI=1S/C24H36N4O5S2/c1-34-13-10-17(25)23(31)28-12-6-9-20(28)22(30)26-18(11-14-35-2)21(29)27-19(24(32)33)15-16-7-4-3-5-8-16/h3-5,7-8,17-20H,6,9-15,25H2,1-2H3,(H,26,30)(H,27,29)(H,32,33). The van der Waals surface area contributed by atoms with Crippen LogP contribution in [0.25, 0.3) is 0 Å². The van der Waals surface area contributed by atoms with Crippen molar-refractivity contribution in [3.63, 3.8) is 0 Å². The molecule has 1 aliphatic rings. The first-order valence-corrected chi connectivity index (χ1v) is 14.5. The summed E-state index contributed by atoms with van der Waals surface area (Å²) in [5.74, 6) is -1.02. The minimum absolute atomic E-state index is 0.129. The van der Waals surface area contributed by atoms with Gasteiger partial charge in [0.05, 0.1) is 6.04 Å². The van der Waals surface area contributed by atoms with E-state index in [4.69, 9.17) is 5.73 Å². The summed E-state index contributed by atoms with van der Waals surface area (Å²) < 4.78 is 0. The third kappa shape index (κ3) is 9.05. The fourth-order valence-electron chi connectivity index (χ4n) is 3.98. The van der Waals surface area contributed by atoms with Crippen molar-refractivity contribution >= 4 is 47.2 Å². The number of thioether (sulfide) groups is 2. The number of nitrogens with two attached hydrogens (primary N) is 1. The highest BCUT2D eigenvalue weighted by atomic mass is 32.2. The minimum Gasteiger partial charge on any atom is -0.480 e. The Bertz CT molecular complexity index is 858. The van der Waals surface area contributed by atoms with E-state index in [9.17, 15) is 24.3 Å². The molecule has 1 aromatic carbocycles. The Kier molecular flexibility index (Phi) is 12.4. The molecule has 1 fully saturated rings. The number of carboxylic acids is 1. The molecule has 0 aromatic heterocycles. The van der Waals surface area contributed by atoms with Crippen LogP contribution in [0.3, 0.4) is 0 Å². The molecule has 4 atom stereocenters. The Labute approximate surface area is 215 Å². The minimum atomic E-state index is -1.15. The van der Waals surface area contributed by atoms with Crippen LogP contribution >= 0.6 is 23.5 Å². The summed E-state index contributed by atoms with van der Waals surface area (Å²) in [7, 11) is 0. The zero-order valence-corrected chi connectivity index (χ0v) is 21.9. The number of hydrogen-bond donors (Lipinski definition) is 4. The molecule has 35 heavy (non-hydrogen) atoms. The highest BCUT2D eigenvalue weighted by Crippen LogP contribution is 2.20. The lowest BCUT2D eigenvalue weighted by Crippen LogP contribution is -2.57. The number of carbonyl (C=O) groups excluding carboxylic acids is 3. The molecular formula is C24H36N4O5S2. The molecule has 0 bridgehead atoms. The van der Waals surface area contributed by atoms with E-state index >= 15 is 0 Å². The van der Waals surface area contributed by atoms with Crippen molar-refractivity contribution in [2.24, 2.45) is 5.73 Å². The highest BCUT2D eigenvalue weighted by Gasteiger charge is 2.37. The quantitative estimate of drug-likeness (QED) is 0.284. The van der Waals surface area contributed by atoms with Crippen LogP contribution in [0.1, 0.15) is 31.2 Å². The van der Waals surface area contributed by atoms with Gasteiger partial charge in [0.15, 0.2) is 0 Å². The smallest absolute Gasteiger partial charge is 0.326 e. The van der Waals surface area contributed by atoms with Gasteiger partial charge in [-0.2, -0.15) is 23.5 Å². The van der Waals surface area contributed by atoms with Crippen molar-refractivity contribution in [1.29, 1.82) is 0 Å². The van der Waals surface area contributed by atoms with Crippen molar-refractivity contribution < 1.29 is 24.3 Å². The fraction of sp³-hybridized carbons (Fsp3) is 0.583. The molecule has 11 heteroatoms. The first-order valence-electron chi connectivity index (χ1n) is 11.7. The highest BCUT2D eigenvalue weighted by molar-refractivity contribution is 7.98. The molecular weight excluding hydrogens is 488 g/mol. The molecule has 1 heterocycles. The largest absolute Gasteiger partial charge is 0.480 e. The number of carboxylic acid groups (broad SMARTS) is 1. The van der Waals surface area contributed by atoms with E-state index in [0.717, 1.165) is 11.3 Å². The lowest BCUT2D eigenvalue weighted by atomic mass is 10.0. The number of amides is 3. The van der Waals surface area contributed by atoms with E-state index in [1.807, 2.05) is 18.6 Å². The van der Waals surface area contributed by atoms with Crippen LogP contribution in [0.2, 0.25) is 0 Å². The maximum Gasteiger partial charge on any atom is 0.326 e. The predicted molar refractivity (Wildman–Crippen MR) is 140 cm³/mol. The average Bonchev–Trinajstić information content (AvgIpc) is 3.34. The number of hydrogen-bond acceptors (Lipinski definition) is 7. The zero-order valence-electron chi connectivity index (χ0n) is 20.3. The van der Waals surface area contributed by atoms with E-state index in [-0.39, 0.29) is 12.3 Å². The second-order valence-corrected chi connectivity index (χ2v) is 10.5. The Morgan fingerprint density at radius 3 is 2.34 bits per heavy atom. The summed E-state index contributed by atoms with van der Waals surface area (Å²) in [6, 6.07) is 5.65. The van der Waals surface area contributed by atoms with Gasteiger partial charge >= 0.3 is 5.97 Å². The van der Waals surface area contributed by atoms with Gasteiger partial charge in [0.1, 0.15) is 18.1 Å². The summed E-state index contributed by atoms with van der Waals surface area (Å²) in [4.78, 5) is 52.3. The SMILES string of the molecule is CSCCC(N)C(=O)N1CCCC1C(=O)NC(CCSC)C(=O)NC(Cc1ccccc1)C(=O)O. The third-order valence-corrected chi connectivity index (χ3v) is 7.22. The average molecular weight is 525 g/mol. The van der Waals surface area contributed by atoms with Crippen LogP contribution in [0, 0.1) is 0 Å². The maximum atomic E-state index is 13.1. The molecule has 0 aliphatic carbocycles. The summed E-state index contributed by atoms with van der Waals surface area (Å²) >= 11 is 3.13. The number of carbonyl (C=O) groups is 4. The number of aliphatic carboxylic acids is 1. The van der Waals surface area contributed by atoms with Gasteiger partial charge in [-0.25, -0.2) is 4.79 Å². The van der Waals surface area contributed by atoms with Crippen molar-refractivity contribution in [3.8, 4) is 0 Å². The van der Waals surface area contributed by atoms with Gasteiger partial charge in [-0.3, -0.25) is 14.4 Å². The van der Waals surface area contributed by atoms with Gasteiger partial charge < -0.3 is 26.4 Å². The van der Waals surface area contributed by atoms with Crippen LogP contribution < -0.4 is 16.4 Å². The zero-order chi connectivity index (χ0) is 25.8. The lowest BCUT2D eigenvalue weighted by molar-refractivity contribution is -0.143. The predicted octanol–water partition coefficient (Wildman–Crippen LogP) is 1.11. The monoisotopic (exact) mass is 524 g/mol. The van der Waals surface area contributed by atoms with E-state index in [1.54, 1.807) is 36.0 Å². The molecule has 4 unspecified atom stereocenters. The van der Waals surface area contributed by atoms with Gasteiger partial charge in [-0.1, -0.05) is 30.3 Å². The van der Waals surface area contributed by atoms with Gasteiger partial charge in [-0.05, 0) is 55.3 Å². The fourth-order valence-corrected chi connectivity index (χ4v) is 4.94. The Morgan fingerprint density at radius 1 is 1.06 bits per heavy atom. The first-order chi connectivity index (χ1) is 16.8. The lowest BCUT2D eigenvalue weighted by Gasteiger charge is -2.28. The van der Waals surface area contributed by atoms with E-state index in [1.165, 1.54) is 16.7 Å². The van der Waals surface area contributed by atoms with Crippen molar-refractivity contribution in [3.05, 3.63) is 35.9 Å². The summed E-state index contributed by atoms with van der Waals surface area (Å²) in [5.41, 5.74) is 6.83. The van der Waals surface area contributed by atoms with E-state index < -0.39 is 42.0 Å². The molecule has 0 spiro atoms. The van der Waals surface area contributed by atoms with E-state index in [0.29, 0.717) is 38.0 Å². The first kappa shape index (κ1) is 29.0. The molecule has 0 radical (unpaired) electrons. The van der Waals surface area contributed by atoms with Crippen LogP contribution in [-0.4, -0.2) is 88.4 Å². The van der Waals surface area contributed by atoms with Crippen LogP contribution in [-0.2, 0) is 25.6 Å². The Morgan fingerprint density at radius 2 is 1.71 bits per heavy atom. The van der Waals surface area contributed by atoms with Crippen molar-refractivity contribution in [2.75, 3.05) is 30.6 Å². The van der Waals surface area contributed by atoms with Gasteiger partial charge in [0.2, 0.25) is 17.7 Å². The maximum absolute atomic E-state index is 13.1. The molecule has 5 N–H and O–H groups in total. The molecule has 1 aromatic rings. The summed E-state index contributed by atoms with van der Waals surface area (Å²) in [5, 5.41) is 15.0. The number of nitrogens with one attached hydrogen (secondary N) is 2. The number of benzene rings is 1. The normalized spacial score (nSPS) is 17.9. The van der Waals surface area contributed by atoms with Crippen LogP contribution in [0.15, 0.2) is 30.3 Å². The van der Waals surface area contributed by atoms with Crippen LogP contribution in [0.5, 0.6) is 0 Å². The molecule has 1 aliphatic heterocycles. The molecule has 3 amide bonds. The molecule has 9 nitrogen and oxygen atoms in total. The summed E-state index contributed by atoms with van der Waals surface area (Å²) in [6.07, 6.45) is 6.00. The van der Waals surface area contributed by atoms with Crippen molar-refractivity contribution in [2.45, 2.75) is 56.3 Å². The van der Waals surface area contributed by atoms with Gasteiger partial charge in [0, 0.05) is 13.0 Å². The van der Waals surface area contributed by atoms with Gasteiger partial charge in [-0.15, -0.1) is 0 Å². The molecule has 194 valence electrons. The Hall–Kier alpha value is -2.24. The van der Waals surface area contributed by atoms with Crippen molar-refractivity contribution in [1.82, 2.24) is 15.5 Å². The molecule has 0 saturated carbocycles. The number of likely N-dealkylation sites (tertiary alicyclic amines) is 1. The topological polar surface area (TPSA) is 142 Å². The second kappa shape index (κ2) is 15.0. The molecule has 2 rings (SSSR count). The molecule has 1 saturated heterocycles. The van der Waals surface area contributed by atoms with Gasteiger partial charge in [0.25, 0.3) is 0 Å². The third-order valence-electron chi connectivity index (χ3n) is 5.93. The number of nitrogens with zero attached hydrogens (tertiary/aromatic N) is 1. The Balaban J connectivity index is 2.07. The second-order valence-electron chi connectivity index (χ2n) is 8.51. The number of rotatable bonds is 14. The summed E-state index contributed by atoms with van der Waals surface area (Å²) in [6.45, 7) is 0.448. The van der Waals surface area contributed by atoms with E-state index in [2.05, 4.69) is 10.6 Å².